The third-order valence-electron chi connectivity index (χ3n) is 6.25. The summed E-state index contributed by atoms with van der Waals surface area (Å²) in [5, 5.41) is 9.13. The third-order valence-corrected chi connectivity index (χ3v) is 6.25. The van der Waals surface area contributed by atoms with Crippen LogP contribution >= 0.6 is 0 Å². The molecule has 1 N–H and O–H groups in total. The van der Waals surface area contributed by atoms with Gasteiger partial charge in [-0.2, -0.15) is 5.10 Å². The van der Waals surface area contributed by atoms with E-state index in [2.05, 4.69) is 55.1 Å². The Morgan fingerprint density at radius 3 is 2.31 bits per heavy atom. The minimum absolute atomic E-state index is 0.101. The van der Waals surface area contributed by atoms with E-state index < -0.39 is 0 Å². The average molecular weight is 488 g/mol. The Labute approximate surface area is 212 Å². The number of aromatic nitrogens is 3. The van der Waals surface area contributed by atoms with Crippen LogP contribution < -0.4 is 10.9 Å². The molecule has 0 bridgehead atoms. The topological polar surface area (TPSA) is 72.2 Å². The van der Waals surface area contributed by atoms with Gasteiger partial charge in [0.1, 0.15) is 12.1 Å². The molecule has 0 spiro atoms. The normalized spacial score (nSPS) is 11.9. The van der Waals surface area contributed by atoms with Crippen molar-refractivity contribution in [2.75, 3.05) is 26.2 Å². The van der Waals surface area contributed by atoms with E-state index in [1.807, 2.05) is 47.0 Å². The summed E-state index contributed by atoms with van der Waals surface area (Å²) < 4.78 is 3.31. The molecule has 0 saturated heterocycles. The molecule has 0 fully saturated rings. The van der Waals surface area contributed by atoms with Gasteiger partial charge < -0.3 is 14.8 Å². The largest absolute Gasteiger partial charge is 0.353 e. The summed E-state index contributed by atoms with van der Waals surface area (Å²) in [4.78, 5) is 28.7. The van der Waals surface area contributed by atoms with Crippen LogP contribution in [0.4, 0.5) is 0 Å². The Morgan fingerprint density at radius 1 is 0.944 bits per heavy atom. The van der Waals surface area contributed by atoms with Crippen molar-refractivity contribution in [3.63, 3.8) is 0 Å². The van der Waals surface area contributed by atoms with Crippen LogP contribution in [0.15, 0.2) is 65.6 Å². The number of nitrogens with one attached hydrogen (secondary N) is 1. The van der Waals surface area contributed by atoms with E-state index in [1.165, 1.54) is 4.68 Å². The molecule has 7 nitrogen and oxygen atoms in total. The van der Waals surface area contributed by atoms with E-state index in [1.54, 1.807) is 6.20 Å². The molecule has 36 heavy (non-hydrogen) atoms. The van der Waals surface area contributed by atoms with Crippen LogP contribution in [-0.2, 0) is 17.9 Å². The summed E-state index contributed by atoms with van der Waals surface area (Å²) in [6.45, 7) is 12.6. The van der Waals surface area contributed by atoms with Gasteiger partial charge in [-0.15, -0.1) is 0 Å². The second-order valence-electron chi connectivity index (χ2n) is 10.4. The fourth-order valence-corrected chi connectivity index (χ4v) is 4.87. The van der Waals surface area contributed by atoms with E-state index in [0.717, 1.165) is 41.5 Å². The third kappa shape index (κ3) is 6.02. The second kappa shape index (κ2) is 11.5. The molecular weight excluding hydrogens is 450 g/mol. The standard InChI is InChI=1S/C29H37N5O2/c1-21(2)17-32(18-22(3)4)15-14-30-27(35)20-34-29(36)28-25(16-31-34)24-12-8-9-13-26(24)33(28)19-23-10-6-5-7-11-23/h5-13,16,21-22H,14-15,17-20H2,1-4H3,(H,30,35). The highest BCUT2D eigenvalue weighted by molar-refractivity contribution is 6.07. The van der Waals surface area contributed by atoms with Crippen LogP contribution in [0, 0.1) is 11.8 Å². The molecule has 190 valence electrons. The molecule has 2 aromatic carbocycles. The van der Waals surface area contributed by atoms with E-state index in [0.29, 0.717) is 30.4 Å². The Hall–Kier alpha value is -3.45. The van der Waals surface area contributed by atoms with Gasteiger partial charge in [-0.05, 0) is 23.5 Å². The molecule has 0 saturated carbocycles. The van der Waals surface area contributed by atoms with Gasteiger partial charge in [0.05, 0.1) is 6.20 Å². The van der Waals surface area contributed by atoms with Crippen molar-refractivity contribution in [3.05, 3.63) is 76.7 Å². The zero-order chi connectivity index (χ0) is 25.7. The van der Waals surface area contributed by atoms with Gasteiger partial charge in [-0.1, -0.05) is 76.2 Å². The van der Waals surface area contributed by atoms with Crippen molar-refractivity contribution in [2.24, 2.45) is 11.8 Å². The van der Waals surface area contributed by atoms with Gasteiger partial charge in [0.25, 0.3) is 5.56 Å². The molecule has 7 heteroatoms. The first-order valence-electron chi connectivity index (χ1n) is 12.8. The Kier molecular flexibility index (Phi) is 8.21. The van der Waals surface area contributed by atoms with E-state index in [-0.39, 0.29) is 18.0 Å². The number of nitrogens with zero attached hydrogens (tertiary/aromatic N) is 4. The highest BCUT2D eigenvalue weighted by atomic mass is 16.2. The number of benzene rings is 2. The van der Waals surface area contributed by atoms with Crippen LogP contribution in [0.5, 0.6) is 0 Å². The summed E-state index contributed by atoms with van der Waals surface area (Å²) in [6.07, 6.45) is 1.71. The summed E-state index contributed by atoms with van der Waals surface area (Å²) >= 11 is 0. The maximum atomic E-state index is 13.6. The van der Waals surface area contributed by atoms with Gasteiger partial charge >= 0.3 is 0 Å². The number of hydrogen-bond donors (Lipinski definition) is 1. The number of hydrogen-bond acceptors (Lipinski definition) is 4. The fourth-order valence-electron chi connectivity index (χ4n) is 4.87. The van der Waals surface area contributed by atoms with Crippen molar-refractivity contribution >= 4 is 27.7 Å². The smallest absolute Gasteiger partial charge is 0.291 e. The highest BCUT2D eigenvalue weighted by Crippen LogP contribution is 2.27. The highest BCUT2D eigenvalue weighted by Gasteiger charge is 2.17. The van der Waals surface area contributed by atoms with Crippen molar-refractivity contribution in [1.82, 2.24) is 24.6 Å². The number of para-hydroxylation sites is 1. The molecule has 0 radical (unpaired) electrons. The first-order chi connectivity index (χ1) is 17.3. The molecule has 0 aliphatic heterocycles. The lowest BCUT2D eigenvalue weighted by molar-refractivity contribution is -0.121. The number of fused-ring (bicyclic) bond motifs is 3. The molecule has 0 unspecified atom stereocenters. The van der Waals surface area contributed by atoms with Crippen LogP contribution in [0.3, 0.4) is 0 Å². The van der Waals surface area contributed by atoms with Crippen LogP contribution in [-0.4, -0.2) is 51.3 Å². The van der Waals surface area contributed by atoms with Crippen molar-refractivity contribution < 1.29 is 4.79 Å². The maximum absolute atomic E-state index is 13.6. The predicted octanol–water partition coefficient (Wildman–Crippen LogP) is 4.13. The van der Waals surface area contributed by atoms with Gasteiger partial charge in [-0.3, -0.25) is 9.59 Å². The lowest BCUT2D eigenvalue weighted by Gasteiger charge is -2.26. The number of carbonyl (C=O) groups is 1. The van der Waals surface area contributed by atoms with Crippen LogP contribution in [0.2, 0.25) is 0 Å². The monoisotopic (exact) mass is 487 g/mol. The van der Waals surface area contributed by atoms with Crippen molar-refractivity contribution in [2.45, 2.75) is 40.8 Å². The van der Waals surface area contributed by atoms with Crippen LogP contribution in [0.25, 0.3) is 21.8 Å². The van der Waals surface area contributed by atoms with Crippen molar-refractivity contribution in [1.29, 1.82) is 0 Å². The van der Waals surface area contributed by atoms with Gasteiger partial charge in [0.2, 0.25) is 5.91 Å². The Balaban J connectivity index is 1.54. The maximum Gasteiger partial charge on any atom is 0.291 e. The molecule has 4 rings (SSSR count). The summed E-state index contributed by atoms with van der Waals surface area (Å²) in [6, 6.07) is 18.1. The quantitative estimate of drug-likeness (QED) is 0.345. The average Bonchev–Trinajstić information content (AvgIpc) is 3.15. The second-order valence-corrected chi connectivity index (χ2v) is 10.4. The number of carbonyl (C=O) groups excluding carboxylic acids is 1. The predicted molar refractivity (Wildman–Crippen MR) is 146 cm³/mol. The number of rotatable bonds is 11. The Bertz CT molecular complexity index is 1360. The van der Waals surface area contributed by atoms with E-state index in [9.17, 15) is 9.59 Å². The Morgan fingerprint density at radius 2 is 1.61 bits per heavy atom. The lowest BCUT2D eigenvalue weighted by Crippen LogP contribution is -2.40. The molecule has 2 heterocycles. The van der Waals surface area contributed by atoms with Gasteiger partial charge in [0, 0.05) is 49.0 Å². The summed E-state index contributed by atoms with van der Waals surface area (Å²) in [7, 11) is 0. The zero-order valence-corrected chi connectivity index (χ0v) is 21.8. The molecule has 2 aromatic heterocycles. The van der Waals surface area contributed by atoms with E-state index >= 15 is 0 Å². The minimum Gasteiger partial charge on any atom is -0.353 e. The fraction of sp³-hybridized carbons (Fsp3) is 0.414. The van der Waals surface area contributed by atoms with Gasteiger partial charge in [0.15, 0.2) is 0 Å². The first kappa shape index (κ1) is 25.6. The first-order valence-corrected chi connectivity index (χ1v) is 12.8. The molecule has 4 aromatic rings. The van der Waals surface area contributed by atoms with Crippen LogP contribution in [0.1, 0.15) is 33.3 Å². The lowest BCUT2D eigenvalue weighted by atomic mass is 10.1. The zero-order valence-electron chi connectivity index (χ0n) is 21.8. The molecule has 0 aliphatic carbocycles. The molecule has 1 amide bonds. The minimum atomic E-state index is -0.254. The van der Waals surface area contributed by atoms with Gasteiger partial charge in [-0.25, -0.2) is 4.68 Å². The van der Waals surface area contributed by atoms with E-state index in [4.69, 9.17) is 0 Å². The summed E-state index contributed by atoms with van der Waals surface area (Å²) in [5.41, 5.74) is 2.40. The SMILES string of the molecule is CC(C)CN(CCNC(=O)Cn1ncc2c3ccccc3n(Cc3ccccc3)c2c1=O)CC(C)C. The molecule has 0 aliphatic rings. The molecule has 0 atom stereocenters. The summed E-state index contributed by atoms with van der Waals surface area (Å²) in [5.74, 6) is 0.928. The number of amides is 1. The molecular formula is C29H37N5O2. The van der Waals surface area contributed by atoms with Crippen molar-refractivity contribution in [3.8, 4) is 0 Å².